The fraction of sp³-hybridized carbons (Fsp3) is 0.318. The Kier molecular flexibility index (Phi) is 4.63. The molecule has 0 saturated heterocycles. The van der Waals surface area contributed by atoms with Crippen molar-refractivity contribution >= 4 is 40.4 Å². The third kappa shape index (κ3) is 3.73. The molecule has 0 atom stereocenters. The Morgan fingerprint density at radius 1 is 1.33 bits per heavy atom. The van der Waals surface area contributed by atoms with Crippen LogP contribution in [0.4, 0.5) is 15.9 Å². The number of nitriles is 1. The van der Waals surface area contributed by atoms with Gasteiger partial charge in [-0.3, -0.25) is 4.79 Å². The number of fused-ring (bicyclic) bond motifs is 1. The summed E-state index contributed by atoms with van der Waals surface area (Å²) in [4.78, 5) is 19.7. The average molecular weight is 422 g/mol. The van der Waals surface area contributed by atoms with Crippen LogP contribution < -0.4 is 10.0 Å². The molecule has 2 aliphatic carbocycles. The van der Waals surface area contributed by atoms with Crippen molar-refractivity contribution < 1.29 is 9.18 Å². The van der Waals surface area contributed by atoms with Crippen LogP contribution in [-0.4, -0.2) is 21.6 Å². The maximum atomic E-state index is 14.8. The first-order chi connectivity index (χ1) is 14.6. The molecular weight excluding hydrogens is 401 g/mol. The van der Waals surface area contributed by atoms with E-state index in [1.54, 1.807) is 18.3 Å². The maximum absolute atomic E-state index is 14.8. The highest BCUT2D eigenvalue weighted by atomic mass is 32.2. The van der Waals surface area contributed by atoms with Crippen LogP contribution in [0.1, 0.15) is 25.7 Å². The fourth-order valence-corrected chi connectivity index (χ4v) is 4.39. The largest absolute Gasteiger partial charge is 0.346 e. The van der Waals surface area contributed by atoms with Crippen molar-refractivity contribution in [2.75, 3.05) is 15.8 Å². The van der Waals surface area contributed by atoms with E-state index in [2.05, 4.69) is 26.1 Å². The molecule has 2 heterocycles. The molecule has 2 fully saturated rings. The van der Waals surface area contributed by atoms with Gasteiger partial charge in [0.05, 0.1) is 17.2 Å². The lowest BCUT2D eigenvalue weighted by Gasteiger charge is -2.12. The quantitative estimate of drug-likeness (QED) is 0.463. The lowest BCUT2D eigenvalue weighted by atomic mass is 10.0. The van der Waals surface area contributed by atoms with Crippen LogP contribution in [0.15, 0.2) is 36.5 Å². The summed E-state index contributed by atoms with van der Waals surface area (Å²) < 4.78 is 17.8. The molecule has 0 unspecified atom stereocenters. The predicted octanol–water partition coefficient (Wildman–Crippen LogP) is 5.08. The number of carbonyl (C=O) groups is 1. The summed E-state index contributed by atoms with van der Waals surface area (Å²) in [6.45, 7) is 0. The van der Waals surface area contributed by atoms with Gasteiger partial charge < -0.3 is 15.0 Å². The van der Waals surface area contributed by atoms with E-state index in [4.69, 9.17) is 5.26 Å². The summed E-state index contributed by atoms with van der Waals surface area (Å²) in [7, 11) is 0. The number of nitrogens with one attached hydrogen (secondary N) is 3. The molecule has 2 saturated carbocycles. The number of benzene rings is 1. The van der Waals surface area contributed by atoms with Gasteiger partial charge in [0, 0.05) is 23.3 Å². The van der Waals surface area contributed by atoms with Crippen LogP contribution in [-0.2, 0) is 4.79 Å². The van der Waals surface area contributed by atoms with Crippen molar-refractivity contribution in [3.63, 3.8) is 0 Å². The van der Waals surface area contributed by atoms with Crippen molar-refractivity contribution in [3.8, 4) is 17.2 Å². The van der Waals surface area contributed by atoms with Crippen LogP contribution in [0.2, 0.25) is 0 Å². The standard InChI is InChI=1S/C22H20FN5OS/c23-17-9-14(3-4-18(17)28-30-12-22(11-24)6-7-22)16-10-19(27-21(29)13-1-2-13)26-20-15(16)5-8-25-20/h3-5,8-10,13,28H,1-2,6-7,12H2,(H2,25,26,27,29). The first-order valence-electron chi connectivity index (χ1n) is 9.95. The minimum atomic E-state index is -0.370. The maximum Gasteiger partial charge on any atom is 0.228 e. The molecule has 3 N–H and O–H groups in total. The monoisotopic (exact) mass is 421 g/mol. The zero-order chi connectivity index (χ0) is 20.7. The Balaban J connectivity index is 1.39. The molecule has 0 spiro atoms. The molecule has 8 heteroatoms. The van der Waals surface area contributed by atoms with E-state index in [-0.39, 0.29) is 23.1 Å². The molecule has 0 bridgehead atoms. The molecular formula is C22H20FN5OS. The van der Waals surface area contributed by atoms with E-state index in [9.17, 15) is 9.18 Å². The molecule has 6 nitrogen and oxygen atoms in total. The normalized spacial score (nSPS) is 16.8. The summed E-state index contributed by atoms with van der Waals surface area (Å²) in [5.74, 6) is 0.786. The summed E-state index contributed by atoms with van der Waals surface area (Å²) in [6, 6.07) is 11.0. The van der Waals surface area contributed by atoms with Crippen molar-refractivity contribution in [2.24, 2.45) is 11.3 Å². The van der Waals surface area contributed by atoms with Gasteiger partial charge in [-0.15, -0.1) is 0 Å². The molecule has 0 radical (unpaired) electrons. The molecule has 1 aromatic carbocycles. The van der Waals surface area contributed by atoms with Crippen LogP contribution in [0.25, 0.3) is 22.2 Å². The highest BCUT2D eigenvalue weighted by Gasteiger charge is 2.43. The van der Waals surface area contributed by atoms with Crippen molar-refractivity contribution in [3.05, 3.63) is 42.3 Å². The number of rotatable bonds is 7. The molecule has 2 aliphatic rings. The van der Waals surface area contributed by atoms with Gasteiger partial charge in [0.1, 0.15) is 17.3 Å². The lowest BCUT2D eigenvalue weighted by molar-refractivity contribution is -0.117. The minimum absolute atomic E-state index is 0.0205. The fourth-order valence-electron chi connectivity index (χ4n) is 3.37. The Hall–Kier alpha value is -3.05. The average Bonchev–Trinajstić information content (AvgIpc) is 3.67. The second-order valence-electron chi connectivity index (χ2n) is 8.04. The molecule has 1 amide bonds. The Bertz CT molecular complexity index is 1180. The number of carbonyl (C=O) groups excluding carboxylic acids is 1. The lowest BCUT2D eigenvalue weighted by Crippen LogP contribution is -2.14. The van der Waals surface area contributed by atoms with Gasteiger partial charge in [-0.2, -0.15) is 5.26 Å². The Morgan fingerprint density at radius 3 is 2.87 bits per heavy atom. The number of amides is 1. The van der Waals surface area contributed by atoms with Crippen molar-refractivity contribution in [2.45, 2.75) is 25.7 Å². The number of H-pyrrole nitrogens is 1. The van der Waals surface area contributed by atoms with E-state index >= 15 is 0 Å². The third-order valence-electron chi connectivity index (χ3n) is 5.63. The predicted molar refractivity (Wildman–Crippen MR) is 116 cm³/mol. The summed E-state index contributed by atoms with van der Waals surface area (Å²) in [5.41, 5.74) is 2.29. The van der Waals surface area contributed by atoms with Gasteiger partial charge >= 0.3 is 0 Å². The van der Waals surface area contributed by atoms with E-state index < -0.39 is 0 Å². The Labute approximate surface area is 177 Å². The number of aromatic amines is 1. The number of pyridine rings is 1. The Morgan fingerprint density at radius 2 is 2.17 bits per heavy atom. The van der Waals surface area contributed by atoms with E-state index in [0.29, 0.717) is 28.5 Å². The van der Waals surface area contributed by atoms with E-state index in [1.807, 2.05) is 12.1 Å². The van der Waals surface area contributed by atoms with Gasteiger partial charge in [-0.1, -0.05) is 18.0 Å². The van der Waals surface area contributed by atoms with Gasteiger partial charge in [-0.05, 0) is 61.1 Å². The number of halogens is 1. The van der Waals surface area contributed by atoms with Crippen LogP contribution >= 0.6 is 11.9 Å². The number of hydrogen-bond donors (Lipinski definition) is 3. The van der Waals surface area contributed by atoms with E-state index in [0.717, 1.165) is 36.6 Å². The van der Waals surface area contributed by atoms with Crippen LogP contribution in [0.5, 0.6) is 0 Å². The zero-order valence-electron chi connectivity index (χ0n) is 16.2. The highest BCUT2D eigenvalue weighted by Crippen LogP contribution is 2.47. The van der Waals surface area contributed by atoms with E-state index in [1.165, 1.54) is 18.0 Å². The van der Waals surface area contributed by atoms with Gasteiger partial charge in [0.15, 0.2) is 0 Å². The van der Waals surface area contributed by atoms with Crippen molar-refractivity contribution in [1.82, 2.24) is 9.97 Å². The second-order valence-corrected chi connectivity index (χ2v) is 8.82. The second kappa shape index (κ2) is 7.33. The van der Waals surface area contributed by atoms with Gasteiger partial charge in [-0.25, -0.2) is 9.37 Å². The highest BCUT2D eigenvalue weighted by molar-refractivity contribution is 8.00. The zero-order valence-corrected chi connectivity index (χ0v) is 17.0. The molecule has 30 heavy (non-hydrogen) atoms. The van der Waals surface area contributed by atoms with Gasteiger partial charge in [0.25, 0.3) is 0 Å². The first kappa shape index (κ1) is 18.9. The molecule has 152 valence electrons. The smallest absolute Gasteiger partial charge is 0.228 e. The molecule has 0 aliphatic heterocycles. The summed E-state index contributed by atoms with van der Waals surface area (Å²) in [6.07, 6.45) is 5.43. The number of hydrogen-bond acceptors (Lipinski definition) is 5. The summed E-state index contributed by atoms with van der Waals surface area (Å²) >= 11 is 1.36. The number of nitrogens with zero attached hydrogens (tertiary/aromatic N) is 2. The van der Waals surface area contributed by atoms with Crippen LogP contribution in [0, 0.1) is 28.5 Å². The number of aromatic nitrogens is 2. The van der Waals surface area contributed by atoms with Crippen molar-refractivity contribution in [1.29, 1.82) is 5.26 Å². The van der Waals surface area contributed by atoms with Crippen LogP contribution in [0.3, 0.4) is 0 Å². The minimum Gasteiger partial charge on any atom is -0.346 e. The third-order valence-corrected chi connectivity index (χ3v) is 6.69. The molecule has 3 aromatic rings. The SMILES string of the molecule is N#CC1(CSNc2ccc(-c3cc(NC(=O)C4CC4)nc4[nH]ccc34)cc2F)CC1. The topological polar surface area (TPSA) is 93.6 Å². The molecule has 5 rings (SSSR count). The number of anilines is 2. The first-order valence-corrected chi connectivity index (χ1v) is 10.9. The van der Waals surface area contributed by atoms with Gasteiger partial charge in [0.2, 0.25) is 5.91 Å². The summed E-state index contributed by atoms with van der Waals surface area (Å²) in [5, 5.41) is 12.9. The molecule has 2 aromatic heterocycles.